The molecule has 1 aromatic carbocycles. The molecule has 0 amide bonds. The van der Waals surface area contributed by atoms with Crippen molar-refractivity contribution in [2.24, 2.45) is 0 Å². The van der Waals surface area contributed by atoms with E-state index in [1.54, 1.807) is 0 Å². The van der Waals surface area contributed by atoms with E-state index >= 15 is 0 Å². The highest BCUT2D eigenvalue weighted by Gasteiger charge is 2.34. The second kappa shape index (κ2) is 3.95. The normalized spacial score (nSPS) is 31.5. The summed E-state index contributed by atoms with van der Waals surface area (Å²) in [7, 11) is 0. The topological polar surface area (TPSA) is 15.3 Å². The number of hydrogen-bond donors (Lipinski definition) is 1. The van der Waals surface area contributed by atoms with E-state index in [1.807, 2.05) is 0 Å². The summed E-state index contributed by atoms with van der Waals surface area (Å²) < 4.78 is 0. The molecule has 0 saturated carbocycles. The molecule has 2 aliphatic rings. The van der Waals surface area contributed by atoms with Gasteiger partial charge in [0, 0.05) is 25.2 Å². The molecule has 2 fully saturated rings. The molecule has 2 heterocycles. The summed E-state index contributed by atoms with van der Waals surface area (Å²) in [5.41, 5.74) is 1.45. The van der Waals surface area contributed by atoms with Crippen LogP contribution in [0, 0.1) is 0 Å². The molecule has 0 aromatic heterocycles. The molecule has 2 aliphatic heterocycles. The van der Waals surface area contributed by atoms with Gasteiger partial charge in [-0.25, -0.2) is 0 Å². The zero-order chi connectivity index (χ0) is 10.1. The fourth-order valence-electron chi connectivity index (χ4n) is 3.01. The maximum Gasteiger partial charge on any atom is 0.0478 e. The number of nitrogens with zero attached hydrogens (tertiary/aromatic N) is 1. The quantitative estimate of drug-likeness (QED) is 0.747. The molecular formula is C13H18N2. The summed E-state index contributed by atoms with van der Waals surface area (Å²) in [4.78, 5) is 2.65. The van der Waals surface area contributed by atoms with Gasteiger partial charge in [0.1, 0.15) is 0 Å². The lowest BCUT2D eigenvalue weighted by Gasteiger charge is -2.37. The Hall–Kier alpha value is -0.860. The van der Waals surface area contributed by atoms with E-state index in [-0.39, 0.29) is 0 Å². The van der Waals surface area contributed by atoms with Gasteiger partial charge in [-0.1, -0.05) is 30.3 Å². The highest BCUT2D eigenvalue weighted by Crippen LogP contribution is 2.31. The number of rotatable bonds is 1. The third kappa shape index (κ3) is 1.68. The van der Waals surface area contributed by atoms with E-state index in [0.717, 1.165) is 12.6 Å². The van der Waals surface area contributed by atoms with Crippen molar-refractivity contribution in [1.29, 1.82) is 0 Å². The minimum atomic E-state index is 0.558. The van der Waals surface area contributed by atoms with Crippen LogP contribution in [0.2, 0.25) is 0 Å². The molecule has 0 spiro atoms. The average Bonchev–Trinajstić information content (AvgIpc) is 2.78. The van der Waals surface area contributed by atoms with Gasteiger partial charge < -0.3 is 5.32 Å². The van der Waals surface area contributed by atoms with Crippen LogP contribution in [-0.4, -0.2) is 30.6 Å². The molecule has 1 N–H and O–H groups in total. The standard InChI is InChI=1S/C13H18N2/c1-2-5-11(6-3-1)13-12-7-4-9-15(12)10-8-14-13/h1-3,5-6,12-14H,4,7-10H2. The summed E-state index contributed by atoms with van der Waals surface area (Å²) in [5, 5.41) is 3.67. The van der Waals surface area contributed by atoms with Crippen LogP contribution in [-0.2, 0) is 0 Å². The van der Waals surface area contributed by atoms with Crippen molar-refractivity contribution in [3.05, 3.63) is 35.9 Å². The van der Waals surface area contributed by atoms with E-state index in [9.17, 15) is 0 Å². The Morgan fingerprint density at radius 3 is 2.87 bits per heavy atom. The van der Waals surface area contributed by atoms with Gasteiger partial charge in [0.15, 0.2) is 0 Å². The lowest BCUT2D eigenvalue weighted by molar-refractivity contribution is 0.163. The Balaban J connectivity index is 1.85. The molecule has 2 nitrogen and oxygen atoms in total. The lowest BCUT2D eigenvalue weighted by Crippen LogP contribution is -2.49. The average molecular weight is 202 g/mol. The molecule has 2 heteroatoms. The van der Waals surface area contributed by atoms with E-state index in [0.29, 0.717) is 6.04 Å². The maximum absolute atomic E-state index is 3.67. The second-order valence-electron chi connectivity index (χ2n) is 4.59. The Bertz CT molecular complexity index is 323. The van der Waals surface area contributed by atoms with Gasteiger partial charge in [-0.05, 0) is 24.9 Å². The monoisotopic (exact) mass is 202 g/mol. The minimum absolute atomic E-state index is 0.558. The van der Waals surface area contributed by atoms with Gasteiger partial charge in [-0.2, -0.15) is 0 Å². The maximum atomic E-state index is 3.67. The first-order valence-electron chi connectivity index (χ1n) is 5.97. The van der Waals surface area contributed by atoms with Gasteiger partial charge >= 0.3 is 0 Å². The molecule has 2 atom stereocenters. The fraction of sp³-hybridized carbons (Fsp3) is 0.538. The van der Waals surface area contributed by atoms with Crippen LogP contribution in [0.15, 0.2) is 30.3 Å². The van der Waals surface area contributed by atoms with E-state index < -0.39 is 0 Å². The summed E-state index contributed by atoms with van der Waals surface area (Å²) in [6, 6.07) is 12.2. The molecular weight excluding hydrogens is 184 g/mol. The van der Waals surface area contributed by atoms with Crippen LogP contribution >= 0.6 is 0 Å². The first-order valence-corrected chi connectivity index (χ1v) is 5.97. The van der Waals surface area contributed by atoms with E-state index in [1.165, 1.54) is 31.5 Å². The number of piperazine rings is 1. The summed E-state index contributed by atoms with van der Waals surface area (Å²) >= 11 is 0. The third-order valence-corrected chi connectivity index (χ3v) is 3.72. The minimum Gasteiger partial charge on any atom is -0.307 e. The zero-order valence-corrected chi connectivity index (χ0v) is 9.02. The smallest absolute Gasteiger partial charge is 0.0478 e. The molecule has 0 radical (unpaired) electrons. The predicted molar refractivity (Wildman–Crippen MR) is 61.8 cm³/mol. The summed E-state index contributed by atoms with van der Waals surface area (Å²) in [5.74, 6) is 0. The highest BCUT2D eigenvalue weighted by atomic mass is 15.2. The first kappa shape index (κ1) is 9.37. The van der Waals surface area contributed by atoms with Crippen LogP contribution in [0.25, 0.3) is 0 Å². The van der Waals surface area contributed by atoms with Crippen molar-refractivity contribution in [1.82, 2.24) is 10.2 Å². The molecule has 0 bridgehead atoms. The molecule has 3 rings (SSSR count). The highest BCUT2D eigenvalue weighted by molar-refractivity contribution is 5.22. The molecule has 0 aliphatic carbocycles. The lowest BCUT2D eigenvalue weighted by atomic mass is 9.96. The van der Waals surface area contributed by atoms with Crippen molar-refractivity contribution in [3.8, 4) is 0 Å². The largest absolute Gasteiger partial charge is 0.307 e. The van der Waals surface area contributed by atoms with Gasteiger partial charge in [0.2, 0.25) is 0 Å². The number of fused-ring (bicyclic) bond motifs is 1. The van der Waals surface area contributed by atoms with Gasteiger partial charge in [0.05, 0.1) is 0 Å². The zero-order valence-electron chi connectivity index (χ0n) is 9.02. The van der Waals surface area contributed by atoms with Gasteiger partial charge in [0.25, 0.3) is 0 Å². The first-order chi connectivity index (χ1) is 7.45. The van der Waals surface area contributed by atoms with Crippen molar-refractivity contribution >= 4 is 0 Å². The van der Waals surface area contributed by atoms with Crippen LogP contribution in [0.3, 0.4) is 0 Å². The predicted octanol–water partition coefficient (Wildman–Crippen LogP) is 1.80. The fourth-order valence-corrected chi connectivity index (χ4v) is 3.01. The number of benzene rings is 1. The van der Waals surface area contributed by atoms with Crippen molar-refractivity contribution in [2.75, 3.05) is 19.6 Å². The van der Waals surface area contributed by atoms with Crippen molar-refractivity contribution in [3.63, 3.8) is 0 Å². The Kier molecular flexibility index (Phi) is 2.47. The van der Waals surface area contributed by atoms with Gasteiger partial charge in [-0.15, -0.1) is 0 Å². The Morgan fingerprint density at radius 1 is 1.13 bits per heavy atom. The summed E-state index contributed by atoms with van der Waals surface area (Å²) in [6.45, 7) is 3.67. The van der Waals surface area contributed by atoms with E-state index in [4.69, 9.17) is 0 Å². The van der Waals surface area contributed by atoms with Crippen LogP contribution in [0.5, 0.6) is 0 Å². The summed E-state index contributed by atoms with van der Waals surface area (Å²) in [6.07, 6.45) is 2.72. The SMILES string of the molecule is c1ccc(C2NCCN3CCCC23)cc1. The van der Waals surface area contributed by atoms with Gasteiger partial charge in [-0.3, -0.25) is 4.90 Å². The second-order valence-corrected chi connectivity index (χ2v) is 4.59. The van der Waals surface area contributed by atoms with Crippen molar-refractivity contribution < 1.29 is 0 Å². The number of hydrogen-bond acceptors (Lipinski definition) is 2. The molecule has 2 unspecified atom stereocenters. The van der Waals surface area contributed by atoms with Crippen LogP contribution in [0.4, 0.5) is 0 Å². The van der Waals surface area contributed by atoms with Crippen LogP contribution < -0.4 is 5.32 Å². The molecule has 1 aromatic rings. The van der Waals surface area contributed by atoms with E-state index in [2.05, 4.69) is 40.5 Å². The Labute approximate surface area is 91.3 Å². The number of nitrogens with one attached hydrogen (secondary N) is 1. The molecule has 80 valence electrons. The molecule has 2 saturated heterocycles. The Morgan fingerprint density at radius 2 is 2.00 bits per heavy atom. The van der Waals surface area contributed by atoms with Crippen LogP contribution in [0.1, 0.15) is 24.4 Å². The molecule has 15 heavy (non-hydrogen) atoms. The third-order valence-electron chi connectivity index (χ3n) is 3.72. The van der Waals surface area contributed by atoms with Crippen molar-refractivity contribution in [2.45, 2.75) is 24.9 Å².